The first-order valence-electron chi connectivity index (χ1n) is 12.6. The maximum absolute atomic E-state index is 13.7. The maximum Gasteiger partial charge on any atom is 0.261 e. The van der Waals surface area contributed by atoms with Gasteiger partial charge in [0.2, 0.25) is 5.91 Å². The highest BCUT2D eigenvalue weighted by Gasteiger charge is 2.32. The molecule has 36 heavy (non-hydrogen) atoms. The predicted octanol–water partition coefficient (Wildman–Crippen LogP) is 5.84. The molecule has 1 N–H and O–H groups in total. The van der Waals surface area contributed by atoms with Gasteiger partial charge in [-0.1, -0.05) is 83.4 Å². The van der Waals surface area contributed by atoms with Crippen LogP contribution in [0.15, 0.2) is 83.3 Å². The van der Waals surface area contributed by atoms with Crippen LogP contribution >= 0.6 is 15.9 Å². The zero-order valence-electron chi connectivity index (χ0n) is 20.7. The number of ether oxygens (including phenoxy) is 1. The Labute approximate surface area is 222 Å². The van der Waals surface area contributed by atoms with Gasteiger partial charge in [-0.05, 0) is 60.7 Å². The molecular formula is C30H33BrN2O3. The third kappa shape index (κ3) is 7.44. The predicted molar refractivity (Wildman–Crippen MR) is 146 cm³/mol. The van der Waals surface area contributed by atoms with E-state index in [0.717, 1.165) is 46.8 Å². The van der Waals surface area contributed by atoms with E-state index < -0.39 is 6.04 Å². The molecule has 1 aliphatic rings. The van der Waals surface area contributed by atoms with Gasteiger partial charge in [-0.2, -0.15) is 0 Å². The summed E-state index contributed by atoms with van der Waals surface area (Å²) in [5, 5.41) is 3.23. The Bertz CT molecular complexity index is 1140. The van der Waals surface area contributed by atoms with Crippen LogP contribution < -0.4 is 10.1 Å². The topological polar surface area (TPSA) is 58.6 Å². The number of aryl methyl sites for hydroxylation is 1. The molecule has 1 aliphatic carbocycles. The summed E-state index contributed by atoms with van der Waals surface area (Å²) >= 11 is 3.48. The quantitative estimate of drug-likeness (QED) is 0.346. The minimum atomic E-state index is -0.648. The van der Waals surface area contributed by atoms with Crippen molar-refractivity contribution in [1.82, 2.24) is 10.2 Å². The average molecular weight is 550 g/mol. The molecular weight excluding hydrogens is 516 g/mol. The SMILES string of the molecule is Cc1cccc(OCC(=O)N(Cc2ccc(Br)cc2)[C@@H](Cc2ccccc2)C(=O)NC2CCCC2)c1. The van der Waals surface area contributed by atoms with Crippen molar-refractivity contribution in [2.24, 2.45) is 0 Å². The molecule has 0 radical (unpaired) electrons. The number of carbonyl (C=O) groups is 2. The summed E-state index contributed by atoms with van der Waals surface area (Å²) in [6, 6.07) is 24.9. The van der Waals surface area contributed by atoms with Gasteiger partial charge in [0.25, 0.3) is 5.91 Å². The zero-order chi connectivity index (χ0) is 25.3. The van der Waals surface area contributed by atoms with E-state index in [1.165, 1.54) is 0 Å². The fraction of sp³-hybridized carbons (Fsp3) is 0.333. The number of carbonyl (C=O) groups excluding carboxylic acids is 2. The van der Waals surface area contributed by atoms with Gasteiger partial charge in [0.05, 0.1) is 0 Å². The molecule has 4 rings (SSSR count). The van der Waals surface area contributed by atoms with Gasteiger partial charge in [-0.25, -0.2) is 0 Å². The van der Waals surface area contributed by atoms with E-state index in [4.69, 9.17) is 4.74 Å². The number of rotatable bonds is 10. The molecule has 0 heterocycles. The summed E-state index contributed by atoms with van der Waals surface area (Å²) in [7, 11) is 0. The lowest BCUT2D eigenvalue weighted by atomic mass is 10.0. The number of nitrogens with zero attached hydrogens (tertiary/aromatic N) is 1. The Balaban J connectivity index is 1.60. The molecule has 0 bridgehead atoms. The summed E-state index contributed by atoms with van der Waals surface area (Å²) in [6.07, 6.45) is 4.66. The summed E-state index contributed by atoms with van der Waals surface area (Å²) in [5.41, 5.74) is 3.02. The first-order valence-corrected chi connectivity index (χ1v) is 13.3. The van der Waals surface area contributed by atoms with Gasteiger partial charge in [0.1, 0.15) is 11.8 Å². The van der Waals surface area contributed by atoms with E-state index in [9.17, 15) is 9.59 Å². The summed E-state index contributed by atoms with van der Waals surface area (Å²) in [4.78, 5) is 29.0. The van der Waals surface area contributed by atoms with Gasteiger partial charge in [0, 0.05) is 23.5 Å². The van der Waals surface area contributed by atoms with Gasteiger partial charge in [-0.3, -0.25) is 9.59 Å². The van der Waals surface area contributed by atoms with Crippen molar-refractivity contribution >= 4 is 27.7 Å². The Hall–Kier alpha value is -3.12. The highest BCUT2D eigenvalue weighted by molar-refractivity contribution is 9.10. The van der Waals surface area contributed by atoms with Gasteiger partial charge in [0.15, 0.2) is 6.61 Å². The molecule has 0 unspecified atom stereocenters. The lowest BCUT2D eigenvalue weighted by Crippen LogP contribution is -2.53. The molecule has 0 aliphatic heterocycles. The largest absolute Gasteiger partial charge is 0.484 e. The number of hydrogen-bond acceptors (Lipinski definition) is 3. The molecule has 188 valence electrons. The number of hydrogen-bond donors (Lipinski definition) is 1. The second kappa shape index (κ2) is 12.7. The second-order valence-electron chi connectivity index (χ2n) is 9.45. The van der Waals surface area contributed by atoms with Gasteiger partial charge in [-0.15, -0.1) is 0 Å². The zero-order valence-corrected chi connectivity index (χ0v) is 22.2. The second-order valence-corrected chi connectivity index (χ2v) is 10.4. The summed E-state index contributed by atoms with van der Waals surface area (Å²) in [5.74, 6) is 0.315. The van der Waals surface area contributed by atoms with Gasteiger partial charge >= 0.3 is 0 Å². The molecule has 6 heteroatoms. The normalized spacial score (nSPS) is 14.3. The van der Waals surface area contributed by atoms with E-state index in [1.54, 1.807) is 4.90 Å². The minimum absolute atomic E-state index is 0.105. The number of benzene rings is 3. The van der Waals surface area contributed by atoms with Crippen molar-refractivity contribution < 1.29 is 14.3 Å². The first kappa shape index (κ1) is 26.0. The van der Waals surface area contributed by atoms with Crippen LogP contribution in [0.25, 0.3) is 0 Å². The van der Waals surface area contributed by atoms with Crippen LogP contribution in [0.3, 0.4) is 0 Å². The fourth-order valence-corrected chi connectivity index (χ4v) is 4.91. The van der Waals surface area contributed by atoms with Crippen LogP contribution in [0.1, 0.15) is 42.4 Å². The number of halogens is 1. The van der Waals surface area contributed by atoms with Crippen LogP contribution in [0.4, 0.5) is 0 Å². The lowest BCUT2D eigenvalue weighted by Gasteiger charge is -2.32. The monoisotopic (exact) mass is 548 g/mol. The minimum Gasteiger partial charge on any atom is -0.484 e. The van der Waals surface area contributed by atoms with Crippen LogP contribution in [0.5, 0.6) is 5.75 Å². The summed E-state index contributed by atoms with van der Waals surface area (Å²) in [6.45, 7) is 2.17. The highest BCUT2D eigenvalue weighted by Crippen LogP contribution is 2.21. The lowest BCUT2D eigenvalue weighted by molar-refractivity contribution is -0.143. The molecule has 1 saturated carbocycles. The van der Waals surface area contributed by atoms with Crippen LogP contribution in [-0.4, -0.2) is 35.4 Å². The number of amides is 2. The molecule has 2 amide bonds. The Kier molecular flexibility index (Phi) is 9.17. The Morgan fingerprint density at radius 1 is 0.972 bits per heavy atom. The molecule has 3 aromatic carbocycles. The van der Waals surface area contributed by atoms with Crippen molar-refractivity contribution in [3.05, 3.63) is 100 Å². The maximum atomic E-state index is 13.7. The first-order chi connectivity index (χ1) is 17.5. The molecule has 5 nitrogen and oxygen atoms in total. The van der Waals surface area contributed by atoms with E-state index in [-0.39, 0.29) is 24.5 Å². The third-order valence-corrected chi connectivity index (χ3v) is 7.12. The number of nitrogens with one attached hydrogen (secondary N) is 1. The Morgan fingerprint density at radius 2 is 1.69 bits per heavy atom. The van der Waals surface area contributed by atoms with Crippen molar-refractivity contribution in [2.75, 3.05) is 6.61 Å². The molecule has 1 fully saturated rings. The fourth-order valence-electron chi connectivity index (χ4n) is 4.64. The van der Waals surface area contributed by atoms with Crippen LogP contribution in [-0.2, 0) is 22.6 Å². The van der Waals surface area contributed by atoms with E-state index in [2.05, 4.69) is 21.2 Å². The molecule has 1 atom stereocenters. The molecule has 3 aromatic rings. The van der Waals surface area contributed by atoms with Crippen LogP contribution in [0.2, 0.25) is 0 Å². The smallest absolute Gasteiger partial charge is 0.261 e. The standard InChI is InChI=1S/C30H33BrN2O3/c1-22-8-7-13-27(18-22)36-21-29(34)33(20-24-14-16-25(31)17-15-24)28(19-23-9-3-2-4-10-23)30(35)32-26-11-5-6-12-26/h2-4,7-10,13-18,26,28H,5-6,11-12,19-21H2,1H3,(H,32,35)/t28-/m0/s1. The van der Waals surface area contributed by atoms with Gasteiger partial charge < -0.3 is 15.0 Å². The van der Waals surface area contributed by atoms with Crippen molar-refractivity contribution in [2.45, 2.75) is 57.7 Å². The van der Waals surface area contributed by atoms with E-state index >= 15 is 0 Å². The molecule has 0 spiro atoms. The van der Waals surface area contributed by atoms with Crippen LogP contribution in [0, 0.1) is 6.92 Å². The summed E-state index contributed by atoms with van der Waals surface area (Å²) < 4.78 is 6.83. The van der Waals surface area contributed by atoms with E-state index in [0.29, 0.717) is 18.7 Å². The average Bonchev–Trinajstić information content (AvgIpc) is 3.39. The van der Waals surface area contributed by atoms with E-state index in [1.807, 2.05) is 85.8 Å². The molecule has 0 saturated heterocycles. The van der Waals surface area contributed by atoms with Crippen molar-refractivity contribution in [1.29, 1.82) is 0 Å². The third-order valence-electron chi connectivity index (χ3n) is 6.59. The Morgan fingerprint density at radius 3 is 2.39 bits per heavy atom. The highest BCUT2D eigenvalue weighted by atomic mass is 79.9. The molecule has 0 aromatic heterocycles. The van der Waals surface area contributed by atoms with Crippen molar-refractivity contribution in [3.8, 4) is 5.75 Å². The van der Waals surface area contributed by atoms with Crippen molar-refractivity contribution in [3.63, 3.8) is 0 Å².